The van der Waals surface area contributed by atoms with Gasteiger partial charge in [-0.25, -0.2) is 4.79 Å². The van der Waals surface area contributed by atoms with E-state index in [1.165, 1.54) is 27.2 Å². The molecule has 2 aromatic rings. The van der Waals surface area contributed by atoms with Gasteiger partial charge in [0.25, 0.3) is 5.91 Å². The van der Waals surface area contributed by atoms with Crippen molar-refractivity contribution in [2.24, 2.45) is 0 Å². The standard InChI is InChI=1S/C17H17NO6S/c1-10(19)14-4-5-15(25-14)17(21)24-9-16(20)18-11-6-12(22-2)8-13(7-11)23-3/h4-8H,9H2,1-3H3,(H,18,20). The number of methoxy groups -OCH3 is 2. The summed E-state index contributed by atoms with van der Waals surface area (Å²) in [4.78, 5) is 35.8. The van der Waals surface area contributed by atoms with Gasteiger partial charge in [-0.3, -0.25) is 9.59 Å². The van der Waals surface area contributed by atoms with Gasteiger partial charge in [0.2, 0.25) is 0 Å². The van der Waals surface area contributed by atoms with E-state index in [9.17, 15) is 14.4 Å². The monoisotopic (exact) mass is 363 g/mol. The van der Waals surface area contributed by atoms with Crippen LogP contribution in [0.3, 0.4) is 0 Å². The van der Waals surface area contributed by atoms with Gasteiger partial charge in [0, 0.05) is 23.9 Å². The molecule has 0 fully saturated rings. The number of esters is 1. The third-order valence-corrected chi connectivity index (χ3v) is 4.29. The maximum atomic E-state index is 11.9. The zero-order valence-electron chi connectivity index (χ0n) is 14.0. The zero-order valence-corrected chi connectivity index (χ0v) is 14.8. The van der Waals surface area contributed by atoms with Crippen molar-refractivity contribution in [3.05, 3.63) is 40.1 Å². The molecular weight excluding hydrogens is 346 g/mol. The molecule has 1 aromatic carbocycles. The van der Waals surface area contributed by atoms with Gasteiger partial charge in [-0.05, 0) is 19.1 Å². The number of benzene rings is 1. The highest BCUT2D eigenvalue weighted by Crippen LogP contribution is 2.25. The molecule has 0 saturated carbocycles. The fourth-order valence-corrected chi connectivity index (χ4v) is 2.71. The van der Waals surface area contributed by atoms with Gasteiger partial charge < -0.3 is 19.5 Å². The normalized spacial score (nSPS) is 10.0. The predicted molar refractivity (Wildman–Crippen MR) is 92.8 cm³/mol. The maximum absolute atomic E-state index is 11.9. The molecule has 7 nitrogen and oxygen atoms in total. The van der Waals surface area contributed by atoms with Crippen LogP contribution in [-0.4, -0.2) is 38.5 Å². The number of rotatable bonds is 7. The molecule has 1 aromatic heterocycles. The second-order valence-electron chi connectivity index (χ2n) is 4.95. The van der Waals surface area contributed by atoms with E-state index >= 15 is 0 Å². The highest BCUT2D eigenvalue weighted by molar-refractivity contribution is 7.15. The Morgan fingerprint density at radius 1 is 1.00 bits per heavy atom. The molecule has 0 unspecified atom stereocenters. The molecule has 2 rings (SSSR count). The van der Waals surface area contributed by atoms with Gasteiger partial charge in [0.05, 0.1) is 19.1 Å². The van der Waals surface area contributed by atoms with Crippen molar-refractivity contribution in [3.63, 3.8) is 0 Å². The second kappa shape index (κ2) is 8.29. The molecule has 132 valence electrons. The topological polar surface area (TPSA) is 90.9 Å². The number of carbonyl (C=O) groups is 3. The lowest BCUT2D eigenvalue weighted by molar-refractivity contribution is -0.119. The molecule has 0 spiro atoms. The van der Waals surface area contributed by atoms with Crippen LogP contribution in [0.25, 0.3) is 0 Å². The zero-order chi connectivity index (χ0) is 18.4. The minimum Gasteiger partial charge on any atom is -0.497 e. The van der Waals surface area contributed by atoms with Crippen molar-refractivity contribution >= 4 is 34.7 Å². The average molecular weight is 363 g/mol. The molecular formula is C17H17NO6S. The summed E-state index contributed by atoms with van der Waals surface area (Å²) >= 11 is 1.03. The van der Waals surface area contributed by atoms with Crippen LogP contribution >= 0.6 is 11.3 Å². The van der Waals surface area contributed by atoms with Gasteiger partial charge in [-0.1, -0.05) is 0 Å². The summed E-state index contributed by atoms with van der Waals surface area (Å²) < 4.78 is 15.2. The van der Waals surface area contributed by atoms with E-state index in [4.69, 9.17) is 14.2 Å². The van der Waals surface area contributed by atoms with E-state index in [-0.39, 0.29) is 10.7 Å². The highest BCUT2D eigenvalue weighted by Gasteiger charge is 2.15. The van der Waals surface area contributed by atoms with Crippen LogP contribution in [-0.2, 0) is 9.53 Å². The molecule has 25 heavy (non-hydrogen) atoms. The quantitative estimate of drug-likeness (QED) is 0.601. The lowest BCUT2D eigenvalue weighted by Crippen LogP contribution is -2.20. The summed E-state index contributed by atoms with van der Waals surface area (Å²) in [5.41, 5.74) is 0.451. The summed E-state index contributed by atoms with van der Waals surface area (Å²) in [6.45, 7) is 0.961. The van der Waals surface area contributed by atoms with Gasteiger partial charge in [0.15, 0.2) is 12.4 Å². The SMILES string of the molecule is COc1cc(NC(=O)COC(=O)c2ccc(C(C)=O)s2)cc(OC)c1. The lowest BCUT2D eigenvalue weighted by Gasteiger charge is -2.10. The predicted octanol–water partition coefficient (Wildman–Crippen LogP) is 2.76. The number of carbonyl (C=O) groups excluding carboxylic acids is 3. The van der Waals surface area contributed by atoms with Gasteiger partial charge in [0.1, 0.15) is 16.4 Å². The first-order valence-corrected chi connectivity index (χ1v) is 8.05. The van der Waals surface area contributed by atoms with Gasteiger partial charge in [-0.15, -0.1) is 11.3 Å². The lowest BCUT2D eigenvalue weighted by atomic mass is 10.2. The Morgan fingerprint density at radius 2 is 1.60 bits per heavy atom. The van der Waals surface area contributed by atoms with Crippen molar-refractivity contribution < 1.29 is 28.6 Å². The summed E-state index contributed by atoms with van der Waals surface area (Å²) in [7, 11) is 3.00. The summed E-state index contributed by atoms with van der Waals surface area (Å²) in [5.74, 6) is -0.263. The molecule has 1 heterocycles. The smallest absolute Gasteiger partial charge is 0.348 e. The third kappa shape index (κ3) is 5.05. The summed E-state index contributed by atoms with van der Waals surface area (Å²) in [6, 6.07) is 7.93. The number of hydrogen-bond donors (Lipinski definition) is 1. The number of Topliss-reactive ketones (excluding diaryl/α,β-unsaturated/α-hetero) is 1. The molecule has 0 atom stereocenters. The largest absolute Gasteiger partial charge is 0.497 e. The van der Waals surface area contributed by atoms with Crippen molar-refractivity contribution in [2.45, 2.75) is 6.92 Å². The first-order valence-electron chi connectivity index (χ1n) is 7.23. The van der Waals surface area contributed by atoms with E-state index in [1.807, 2.05) is 0 Å². The summed E-state index contributed by atoms with van der Waals surface area (Å²) in [5, 5.41) is 2.59. The molecule has 0 aliphatic heterocycles. The van der Waals surface area contributed by atoms with Crippen molar-refractivity contribution in [2.75, 3.05) is 26.1 Å². The van der Waals surface area contributed by atoms with Crippen LogP contribution in [0, 0.1) is 0 Å². The molecule has 1 amide bonds. The third-order valence-electron chi connectivity index (χ3n) is 3.12. The fourth-order valence-electron chi connectivity index (χ4n) is 1.92. The fraction of sp³-hybridized carbons (Fsp3) is 0.235. The van der Waals surface area contributed by atoms with E-state index in [0.717, 1.165) is 11.3 Å². The number of thiophene rings is 1. The van der Waals surface area contributed by atoms with Gasteiger partial charge >= 0.3 is 5.97 Å². The molecule has 8 heteroatoms. The first kappa shape index (κ1) is 18.5. The van der Waals surface area contributed by atoms with Crippen molar-refractivity contribution in [1.82, 2.24) is 0 Å². The molecule has 0 radical (unpaired) electrons. The van der Waals surface area contributed by atoms with E-state index in [2.05, 4.69) is 5.32 Å². The number of nitrogens with one attached hydrogen (secondary N) is 1. The van der Waals surface area contributed by atoms with Crippen LogP contribution in [0.2, 0.25) is 0 Å². The van der Waals surface area contributed by atoms with Gasteiger partial charge in [-0.2, -0.15) is 0 Å². The summed E-state index contributed by atoms with van der Waals surface area (Å²) in [6.07, 6.45) is 0. The number of amides is 1. The second-order valence-corrected chi connectivity index (χ2v) is 6.03. The van der Waals surface area contributed by atoms with Crippen LogP contribution in [0.1, 0.15) is 26.3 Å². The Bertz CT molecular complexity index is 776. The average Bonchev–Trinajstić information content (AvgIpc) is 3.09. The number of ether oxygens (including phenoxy) is 3. The van der Waals surface area contributed by atoms with Crippen molar-refractivity contribution in [1.29, 1.82) is 0 Å². The van der Waals surface area contributed by atoms with Crippen LogP contribution in [0.5, 0.6) is 11.5 Å². The molecule has 1 N–H and O–H groups in total. The maximum Gasteiger partial charge on any atom is 0.348 e. The molecule has 0 bridgehead atoms. The van der Waals surface area contributed by atoms with Crippen LogP contribution < -0.4 is 14.8 Å². The number of ketones is 1. The molecule has 0 saturated heterocycles. The highest BCUT2D eigenvalue weighted by atomic mass is 32.1. The minimum absolute atomic E-state index is 0.131. The minimum atomic E-state index is -0.657. The van der Waals surface area contributed by atoms with Crippen LogP contribution in [0.15, 0.2) is 30.3 Å². The molecule has 0 aliphatic carbocycles. The van der Waals surface area contributed by atoms with E-state index in [1.54, 1.807) is 24.3 Å². The number of hydrogen-bond acceptors (Lipinski definition) is 7. The number of anilines is 1. The Hall–Kier alpha value is -2.87. The Kier molecular flexibility index (Phi) is 6.13. The van der Waals surface area contributed by atoms with E-state index in [0.29, 0.717) is 22.1 Å². The first-order chi connectivity index (χ1) is 11.9. The Labute approximate surface area is 148 Å². The Morgan fingerprint density at radius 3 is 2.12 bits per heavy atom. The molecule has 0 aliphatic rings. The Balaban J connectivity index is 1.94. The van der Waals surface area contributed by atoms with E-state index < -0.39 is 18.5 Å². The van der Waals surface area contributed by atoms with Crippen molar-refractivity contribution in [3.8, 4) is 11.5 Å². The van der Waals surface area contributed by atoms with Crippen LogP contribution in [0.4, 0.5) is 5.69 Å².